The van der Waals surface area contributed by atoms with Crippen LogP contribution >= 0.6 is 31.9 Å². The quantitative estimate of drug-likeness (QED) is 0.756. The highest BCUT2D eigenvalue weighted by Gasteiger charge is 2.13. The molecular formula is C15H11Br2NO4. The van der Waals surface area contributed by atoms with Crippen molar-refractivity contribution in [2.24, 2.45) is 0 Å². The molecule has 1 amide bonds. The summed E-state index contributed by atoms with van der Waals surface area (Å²) in [5.41, 5.74) is 0.228. The molecule has 0 heterocycles. The van der Waals surface area contributed by atoms with Crippen LogP contribution in [0.2, 0.25) is 0 Å². The van der Waals surface area contributed by atoms with Crippen molar-refractivity contribution >= 4 is 49.4 Å². The Kier molecular flexibility index (Phi) is 5.57. The lowest BCUT2D eigenvalue weighted by Crippen LogP contribution is -2.21. The molecule has 0 bridgehead atoms. The van der Waals surface area contributed by atoms with Crippen molar-refractivity contribution in [2.75, 3.05) is 11.9 Å². The van der Waals surface area contributed by atoms with E-state index in [-0.39, 0.29) is 17.9 Å². The summed E-state index contributed by atoms with van der Waals surface area (Å²) in [6.07, 6.45) is 0. The number of nitrogens with one attached hydrogen (secondary N) is 1. The molecule has 0 fully saturated rings. The summed E-state index contributed by atoms with van der Waals surface area (Å²) in [5.74, 6) is -1.01. The third kappa shape index (κ3) is 4.57. The van der Waals surface area contributed by atoms with Crippen LogP contribution < -0.4 is 10.1 Å². The average molecular weight is 429 g/mol. The maximum Gasteiger partial charge on any atom is 0.337 e. The predicted octanol–water partition coefficient (Wildman–Crippen LogP) is 3.93. The van der Waals surface area contributed by atoms with Gasteiger partial charge in [-0.15, -0.1) is 0 Å². The number of halogens is 2. The van der Waals surface area contributed by atoms with Crippen LogP contribution in [-0.4, -0.2) is 23.6 Å². The molecule has 0 aliphatic carbocycles. The molecule has 2 aromatic carbocycles. The van der Waals surface area contributed by atoms with E-state index in [0.717, 1.165) is 4.47 Å². The highest BCUT2D eigenvalue weighted by atomic mass is 79.9. The lowest BCUT2D eigenvalue weighted by molar-refractivity contribution is -0.118. The van der Waals surface area contributed by atoms with Crippen molar-refractivity contribution in [3.05, 3.63) is 57.0 Å². The predicted molar refractivity (Wildman–Crippen MR) is 89.4 cm³/mol. The van der Waals surface area contributed by atoms with E-state index in [4.69, 9.17) is 9.84 Å². The van der Waals surface area contributed by atoms with Crippen LogP contribution in [0.4, 0.5) is 5.69 Å². The zero-order chi connectivity index (χ0) is 16.1. The fourth-order valence-corrected chi connectivity index (χ4v) is 2.29. The van der Waals surface area contributed by atoms with Crippen molar-refractivity contribution < 1.29 is 19.4 Å². The number of hydrogen-bond acceptors (Lipinski definition) is 3. The molecule has 0 aliphatic rings. The second-order valence-electron chi connectivity index (χ2n) is 4.29. The first-order chi connectivity index (χ1) is 10.5. The molecule has 22 heavy (non-hydrogen) atoms. The number of carboxylic acid groups (broad SMARTS) is 1. The maximum atomic E-state index is 11.9. The summed E-state index contributed by atoms with van der Waals surface area (Å²) in [4.78, 5) is 23.0. The fourth-order valence-electron chi connectivity index (χ4n) is 1.67. The van der Waals surface area contributed by atoms with Gasteiger partial charge in [0.1, 0.15) is 5.75 Å². The van der Waals surface area contributed by atoms with Crippen molar-refractivity contribution in [1.29, 1.82) is 0 Å². The van der Waals surface area contributed by atoms with E-state index in [1.54, 1.807) is 30.3 Å². The van der Waals surface area contributed by atoms with Crippen molar-refractivity contribution in [3.8, 4) is 5.75 Å². The molecule has 2 aromatic rings. The molecule has 0 aliphatic heterocycles. The molecule has 5 nitrogen and oxygen atoms in total. The molecular weight excluding hydrogens is 418 g/mol. The Morgan fingerprint density at radius 1 is 1.05 bits per heavy atom. The Hall–Kier alpha value is -1.86. The standard InChI is InChI=1S/C15H11Br2NO4/c16-9-1-4-11(5-2-9)22-8-14(19)18-13-6-3-10(17)7-12(13)15(20)21/h1-7H,8H2,(H,18,19)(H,20,21). The van der Waals surface area contributed by atoms with Gasteiger partial charge in [0, 0.05) is 8.95 Å². The topological polar surface area (TPSA) is 75.6 Å². The van der Waals surface area contributed by atoms with E-state index in [9.17, 15) is 9.59 Å². The lowest BCUT2D eigenvalue weighted by atomic mass is 10.2. The molecule has 2 N–H and O–H groups in total. The molecule has 7 heteroatoms. The van der Waals surface area contributed by atoms with Gasteiger partial charge in [0.2, 0.25) is 0 Å². The van der Waals surface area contributed by atoms with Gasteiger partial charge in [0.05, 0.1) is 11.3 Å². The molecule has 0 atom stereocenters. The molecule has 0 unspecified atom stereocenters. The lowest BCUT2D eigenvalue weighted by Gasteiger charge is -2.10. The van der Waals surface area contributed by atoms with Crippen LogP contribution in [0, 0.1) is 0 Å². The van der Waals surface area contributed by atoms with E-state index in [0.29, 0.717) is 10.2 Å². The summed E-state index contributed by atoms with van der Waals surface area (Å²) in [7, 11) is 0. The highest BCUT2D eigenvalue weighted by Crippen LogP contribution is 2.21. The Morgan fingerprint density at radius 2 is 1.68 bits per heavy atom. The molecule has 0 radical (unpaired) electrons. The smallest absolute Gasteiger partial charge is 0.337 e. The van der Waals surface area contributed by atoms with Crippen molar-refractivity contribution in [2.45, 2.75) is 0 Å². The Balaban J connectivity index is 2.00. The van der Waals surface area contributed by atoms with Crippen LogP contribution in [0.5, 0.6) is 5.75 Å². The summed E-state index contributed by atoms with van der Waals surface area (Å²) in [6, 6.07) is 11.6. The van der Waals surface area contributed by atoms with Crippen LogP contribution in [0.25, 0.3) is 0 Å². The minimum absolute atomic E-state index is 0.00590. The highest BCUT2D eigenvalue weighted by molar-refractivity contribution is 9.10. The number of aromatic carboxylic acids is 1. The maximum absolute atomic E-state index is 11.9. The van der Waals surface area contributed by atoms with Gasteiger partial charge in [0.15, 0.2) is 6.61 Å². The Morgan fingerprint density at radius 3 is 2.32 bits per heavy atom. The molecule has 0 spiro atoms. The normalized spacial score (nSPS) is 10.1. The Bertz CT molecular complexity index is 701. The third-order valence-corrected chi connectivity index (χ3v) is 3.69. The fraction of sp³-hybridized carbons (Fsp3) is 0.0667. The van der Waals surface area contributed by atoms with Gasteiger partial charge in [-0.25, -0.2) is 4.79 Å². The minimum Gasteiger partial charge on any atom is -0.484 e. The summed E-state index contributed by atoms with van der Waals surface area (Å²) >= 11 is 6.50. The van der Waals surface area contributed by atoms with E-state index >= 15 is 0 Å². The molecule has 0 aromatic heterocycles. The van der Waals surface area contributed by atoms with Gasteiger partial charge in [-0.3, -0.25) is 4.79 Å². The van der Waals surface area contributed by atoms with Gasteiger partial charge in [0.25, 0.3) is 5.91 Å². The zero-order valence-electron chi connectivity index (χ0n) is 11.2. The Labute approximate surface area is 143 Å². The van der Waals surface area contributed by atoms with Gasteiger partial charge in [-0.05, 0) is 42.5 Å². The van der Waals surface area contributed by atoms with Crippen LogP contribution in [0.3, 0.4) is 0 Å². The van der Waals surface area contributed by atoms with Crippen molar-refractivity contribution in [3.63, 3.8) is 0 Å². The van der Waals surface area contributed by atoms with Gasteiger partial charge in [-0.2, -0.15) is 0 Å². The summed E-state index contributed by atoms with van der Waals surface area (Å²) in [5, 5.41) is 11.7. The largest absolute Gasteiger partial charge is 0.484 e. The molecule has 0 saturated heterocycles. The van der Waals surface area contributed by atoms with E-state index in [1.165, 1.54) is 12.1 Å². The number of carbonyl (C=O) groups excluding carboxylic acids is 1. The monoisotopic (exact) mass is 427 g/mol. The van der Waals surface area contributed by atoms with E-state index < -0.39 is 11.9 Å². The minimum atomic E-state index is -1.12. The number of amides is 1. The number of anilines is 1. The average Bonchev–Trinajstić information content (AvgIpc) is 2.48. The number of ether oxygens (including phenoxy) is 1. The number of hydrogen-bond donors (Lipinski definition) is 2. The third-order valence-electron chi connectivity index (χ3n) is 2.67. The first-order valence-electron chi connectivity index (χ1n) is 6.17. The number of carboxylic acids is 1. The summed E-state index contributed by atoms with van der Waals surface area (Å²) in [6.45, 7) is -0.212. The van der Waals surface area contributed by atoms with Gasteiger partial charge < -0.3 is 15.2 Å². The second kappa shape index (κ2) is 7.42. The molecule has 114 valence electrons. The number of rotatable bonds is 5. The molecule has 2 rings (SSSR count). The van der Waals surface area contributed by atoms with Gasteiger partial charge in [-0.1, -0.05) is 31.9 Å². The van der Waals surface area contributed by atoms with Gasteiger partial charge >= 0.3 is 5.97 Å². The number of carbonyl (C=O) groups is 2. The zero-order valence-corrected chi connectivity index (χ0v) is 14.3. The van der Waals surface area contributed by atoms with Crippen molar-refractivity contribution in [1.82, 2.24) is 0 Å². The van der Waals surface area contributed by atoms with Crippen LogP contribution in [0.15, 0.2) is 51.4 Å². The van der Waals surface area contributed by atoms with E-state index in [2.05, 4.69) is 37.2 Å². The summed E-state index contributed by atoms with van der Waals surface area (Å²) < 4.78 is 6.86. The first-order valence-corrected chi connectivity index (χ1v) is 7.75. The van der Waals surface area contributed by atoms with E-state index in [1.807, 2.05) is 0 Å². The molecule has 0 saturated carbocycles. The van der Waals surface area contributed by atoms with Crippen LogP contribution in [-0.2, 0) is 4.79 Å². The van der Waals surface area contributed by atoms with Crippen LogP contribution in [0.1, 0.15) is 10.4 Å². The SMILES string of the molecule is O=C(COc1ccc(Br)cc1)Nc1ccc(Br)cc1C(=O)O. The number of benzene rings is 2. The second-order valence-corrected chi connectivity index (χ2v) is 6.12. The first kappa shape index (κ1) is 16.5.